The average molecular weight is 379 g/mol. The summed E-state index contributed by atoms with van der Waals surface area (Å²) in [6, 6.07) is 7.12. The Morgan fingerprint density at radius 2 is 2.21 bits per heavy atom. The number of benzene rings is 1. The maximum atomic E-state index is 6.20. The van der Waals surface area contributed by atoms with Crippen LogP contribution in [-0.4, -0.2) is 39.7 Å². The summed E-state index contributed by atoms with van der Waals surface area (Å²) in [7, 11) is 2.01. The van der Waals surface area contributed by atoms with Crippen molar-refractivity contribution in [3.8, 4) is 5.75 Å². The molecule has 3 heterocycles. The highest BCUT2D eigenvalue weighted by molar-refractivity contribution is 5.84. The third kappa shape index (κ3) is 3.14. The second kappa shape index (κ2) is 7.14. The van der Waals surface area contributed by atoms with Crippen LogP contribution in [0, 0.1) is 0 Å². The lowest BCUT2D eigenvalue weighted by Gasteiger charge is -2.34. The first-order chi connectivity index (χ1) is 13.7. The first kappa shape index (κ1) is 17.6. The van der Waals surface area contributed by atoms with Crippen LogP contribution in [0.1, 0.15) is 48.7 Å². The Kier molecular flexibility index (Phi) is 4.49. The number of aromatic nitrogens is 4. The van der Waals surface area contributed by atoms with Crippen LogP contribution in [0.5, 0.6) is 5.75 Å². The predicted octanol–water partition coefficient (Wildman–Crippen LogP) is 2.96. The molecule has 1 aliphatic carbocycles. The molecule has 1 atom stereocenters. The van der Waals surface area contributed by atoms with Crippen molar-refractivity contribution in [3.05, 3.63) is 47.4 Å². The monoisotopic (exact) mass is 379 g/mol. The molecule has 0 bridgehead atoms. The van der Waals surface area contributed by atoms with E-state index in [1.54, 1.807) is 0 Å². The number of nitrogens with one attached hydrogen (secondary N) is 1. The summed E-state index contributed by atoms with van der Waals surface area (Å²) in [5, 5.41) is 13.1. The van der Waals surface area contributed by atoms with E-state index in [-0.39, 0.29) is 6.10 Å². The number of hydrogen-bond acceptors (Lipinski definition) is 6. The normalized spacial score (nSPS) is 22.5. The van der Waals surface area contributed by atoms with Gasteiger partial charge in [0.1, 0.15) is 17.5 Å². The summed E-state index contributed by atoms with van der Waals surface area (Å²) < 4.78 is 13.7. The number of nitrogens with zero attached hydrogens (tertiary/aromatic N) is 4. The van der Waals surface area contributed by atoms with Crippen molar-refractivity contribution in [3.63, 3.8) is 0 Å². The minimum atomic E-state index is -0.165. The second-order valence-corrected chi connectivity index (χ2v) is 7.74. The summed E-state index contributed by atoms with van der Waals surface area (Å²) in [6.45, 7) is 3.41. The minimum Gasteiger partial charge on any atom is -0.484 e. The molecular formula is C21H25N5O2. The molecular weight excluding hydrogens is 354 g/mol. The number of rotatable bonds is 5. The predicted molar refractivity (Wildman–Crippen MR) is 105 cm³/mol. The highest BCUT2D eigenvalue weighted by atomic mass is 16.5. The molecule has 146 valence electrons. The standard InChI is InChI=1S/C21H25N5O2/c1-13(21-11-26(25-24-21)16-7-15(8-16)22-2)28-17-3-4-20-19(9-17)18-5-6-27-12-14(18)10-23-20/h3-4,9-11,13,15-16,22H,5-8,12H2,1-2H3/t13-,15?,16?/m1/s1. The Hall–Kier alpha value is -2.51. The van der Waals surface area contributed by atoms with Crippen molar-refractivity contribution in [2.24, 2.45) is 0 Å². The van der Waals surface area contributed by atoms with E-state index in [1.165, 1.54) is 11.1 Å². The molecule has 1 saturated carbocycles. The van der Waals surface area contributed by atoms with Crippen molar-refractivity contribution in [2.75, 3.05) is 13.7 Å². The second-order valence-electron chi connectivity index (χ2n) is 7.74. The van der Waals surface area contributed by atoms with E-state index >= 15 is 0 Å². The lowest BCUT2D eigenvalue weighted by Crippen LogP contribution is -2.40. The van der Waals surface area contributed by atoms with E-state index in [0.717, 1.165) is 48.2 Å². The van der Waals surface area contributed by atoms with Gasteiger partial charge in [-0.1, -0.05) is 5.21 Å². The molecule has 0 amide bonds. The van der Waals surface area contributed by atoms with Gasteiger partial charge in [-0.15, -0.1) is 5.10 Å². The van der Waals surface area contributed by atoms with Gasteiger partial charge in [-0.2, -0.15) is 0 Å². The number of hydrogen-bond donors (Lipinski definition) is 1. The van der Waals surface area contributed by atoms with Crippen LogP contribution in [0.2, 0.25) is 0 Å². The molecule has 0 spiro atoms. The van der Waals surface area contributed by atoms with Gasteiger partial charge in [0.05, 0.1) is 31.0 Å². The van der Waals surface area contributed by atoms with Crippen molar-refractivity contribution < 1.29 is 9.47 Å². The van der Waals surface area contributed by atoms with Gasteiger partial charge in [-0.25, -0.2) is 4.68 Å². The smallest absolute Gasteiger partial charge is 0.141 e. The maximum Gasteiger partial charge on any atom is 0.141 e. The zero-order chi connectivity index (χ0) is 19.1. The van der Waals surface area contributed by atoms with E-state index < -0.39 is 0 Å². The van der Waals surface area contributed by atoms with Crippen molar-refractivity contribution >= 4 is 10.9 Å². The van der Waals surface area contributed by atoms with E-state index in [4.69, 9.17) is 9.47 Å². The van der Waals surface area contributed by atoms with Crippen LogP contribution in [0.25, 0.3) is 10.9 Å². The first-order valence-electron chi connectivity index (χ1n) is 9.95. The molecule has 28 heavy (non-hydrogen) atoms. The largest absolute Gasteiger partial charge is 0.484 e. The lowest BCUT2D eigenvalue weighted by atomic mass is 9.87. The van der Waals surface area contributed by atoms with Gasteiger partial charge in [0.25, 0.3) is 0 Å². The molecule has 3 aromatic rings. The van der Waals surface area contributed by atoms with Crippen LogP contribution in [0.3, 0.4) is 0 Å². The summed E-state index contributed by atoms with van der Waals surface area (Å²) in [5.74, 6) is 0.829. The van der Waals surface area contributed by atoms with E-state index in [9.17, 15) is 0 Å². The Morgan fingerprint density at radius 3 is 3.07 bits per heavy atom. The van der Waals surface area contributed by atoms with Gasteiger partial charge in [0, 0.05) is 17.6 Å². The molecule has 2 aromatic heterocycles. The lowest BCUT2D eigenvalue weighted by molar-refractivity contribution is 0.111. The van der Waals surface area contributed by atoms with E-state index in [1.807, 2.05) is 43.2 Å². The molecule has 1 aromatic carbocycles. The van der Waals surface area contributed by atoms with Crippen LogP contribution in [-0.2, 0) is 17.8 Å². The fraction of sp³-hybridized carbons (Fsp3) is 0.476. The molecule has 7 nitrogen and oxygen atoms in total. The Balaban J connectivity index is 1.34. The highest BCUT2D eigenvalue weighted by Gasteiger charge is 2.30. The first-order valence-corrected chi connectivity index (χ1v) is 9.95. The number of pyridine rings is 1. The molecule has 7 heteroatoms. The fourth-order valence-corrected chi connectivity index (χ4v) is 4.08. The maximum absolute atomic E-state index is 6.20. The third-order valence-corrected chi connectivity index (χ3v) is 5.95. The highest BCUT2D eigenvalue weighted by Crippen LogP contribution is 2.33. The van der Waals surface area contributed by atoms with Crippen molar-refractivity contribution in [1.82, 2.24) is 25.3 Å². The van der Waals surface area contributed by atoms with Crippen LogP contribution in [0.4, 0.5) is 0 Å². The van der Waals surface area contributed by atoms with Gasteiger partial charge < -0.3 is 14.8 Å². The zero-order valence-corrected chi connectivity index (χ0v) is 16.3. The van der Waals surface area contributed by atoms with Crippen molar-refractivity contribution in [1.29, 1.82) is 0 Å². The SMILES string of the molecule is CNC1CC(n2cc([C@@H](C)Oc3ccc4ncc5c(c4c3)CCOC5)nn2)C1. The Bertz CT molecular complexity index is 996. The molecule has 1 fully saturated rings. The molecule has 0 saturated heterocycles. The van der Waals surface area contributed by atoms with Gasteiger partial charge >= 0.3 is 0 Å². The van der Waals surface area contributed by atoms with Gasteiger partial charge in [0.2, 0.25) is 0 Å². The van der Waals surface area contributed by atoms with Gasteiger partial charge in [0.15, 0.2) is 0 Å². The number of fused-ring (bicyclic) bond motifs is 3. The van der Waals surface area contributed by atoms with Gasteiger partial charge in [-0.05, 0) is 62.6 Å². The molecule has 0 radical (unpaired) electrons. The van der Waals surface area contributed by atoms with Crippen molar-refractivity contribution in [2.45, 2.75) is 51.0 Å². The van der Waals surface area contributed by atoms with Crippen LogP contribution >= 0.6 is 0 Å². The van der Waals surface area contributed by atoms with E-state index in [2.05, 4.69) is 26.7 Å². The van der Waals surface area contributed by atoms with E-state index in [0.29, 0.717) is 18.7 Å². The average Bonchev–Trinajstić information content (AvgIpc) is 3.17. The topological polar surface area (TPSA) is 74.1 Å². The Morgan fingerprint density at radius 1 is 1.32 bits per heavy atom. The summed E-state index contributed by atoms with van der Waals surface area (Å²) >= 11 is 0. The summed E-state index contributed by atoms with van der Waals surface area (Å²) in [4.78, 5) is 4.56. The Labute approximate surface area is 164 Å². The molecule has 1 aliphatic heterocycles. The molecule has 2 aliphatic rings. The number of ether oxygens (including phenoxy) is 2. The van der Waals surface area contributed by atoms with Crippen LogP contribution < -0.4 is 10.1 Å². The summed E-state index contributed by atoms with van der Waals surface area (Å²) in [5.41, 5.74) is 4.35. The quantitative estimate of drug-likeness (QED) is 0.735. The molecule has 1 N–H and O–H groups in total. The molecule has 0 unspecified atom stereocenters. The fourth-order valence-electron chi connectivity index (χ4n) is 4.08. The minimum absolute atomic E-state index is 0.165. The third-order valence-electron chi connectivity index (χ3n) is 5.95. The van der Waals surface area contributed by atoms with Gasteiger partial charge in [-0.3, -0.25) is 4.98 Å². The van der Waals surface area contributed by atoms with Crippen LogP contribution in [0.15, 0.2) is 30.6 Å². The zero-order valence-electron chi connectivity index (χ0n) is 16.3. The molecule has 5 rings (SSSR count). The summed E-state index contributed by atoms with van der Waals surface area (Å²) in [6.07, 6.45) is 6.89.